The number of methoxy groups -OCH3 is 1. The van der Waals surface area contributed by atoms with Gasteiger partial charge >= 0.3 is 0 Å². The smallest absolute Gasteiger partial charge is 0.119 e. The number of pyridine rings is 1. The second kappa shape index (κ2) is 6.70. The lowest BCUT2D eigenvalue weighted by molar-refractivity contribution is 0.146. The molecule has 0 aliphatic rings. The van der Waals surface area contributed by atoms with Gasteiger partial charge in [0.1, 0.15) is 12.4 Å². The Labute approximate surface area is 125 Å². The zero-order valence-electron chi connectivity index (χ0n) is 12.8. The summed E-state index contributed by atoms with van der Waals surface area (Å²) in [6.45, 7) is 5.03. The molecule has 0 atom stereocenters. The summed E-state index contributed by atoms with van der Waals surface area (Å²) in [7, 11) is 1.66. The number of benzene rings is 1. The molecule has 4 heteroatoms. The first-order valence-corrected chi connectivity index (χ1v) is 6.98. The largest absolute Gasteiger partial charge is 0.491 e. The Bertz CT molecular complexity index is 557. The van der Waals surface area contributed by atoms with Crippen molar-refractivity contribution in [3.05, 3.63) is 48.3 Å². The summed E-state index contributed by atoms with van der Waals surface area (Å²) in [4.78, 5) is 4.44. The lowest BCUT2D eigenvalue weighted by Crippen LogP contribution is -2.29. The quantitative estimate of drug-likeness (QED) is 0.829. The van der Waals surface area contributed by atoms with Crippen LogP contribution in [-0.2, 0) is 10.3 Å². The first-order valence-electron chi connectivity index (χ1n) is 6.98. The molecule has 0 bridgehead atoms. The zero-order chi connectivity index (χ0) is 15.3. The predicted octanol–water partition coefficient (Wildman–Crippen LogP) is 2.97. The zero-order valence-corrected chi connectivity index (χ0v) is 12.8. The van der Waals surface area contributed by atoms with Crippen molar-refractivity contribution < 1.29 is 9.47 Å². The van der Waals surface area contributed by atoms with Crippen molar-refractivity contribution >= 4 is 0 Å². The van der Waals surface area contributed by atoms with E-state index in [0.29, 0.717) is 13.2 Å². The van der Waals surface area contributed by atoms with Gasteiger partial charge in [-0.2, -0.15) is 0 Å². The van der Waals surface area contributed by atoms with Crippen molar-refractivity contribution in [1.29, 1.82) is 0 Å². The molecule has 0 amide bonds. The lowest BCUT2D eigenvalue weighted by Gasteiger charge is -2.17. The minimum absolute atomic E-state index is 0.419. The predicted molar refractivity (Wildman–Crippen MR) is 84.3 cm³/mol. The fourth-order valence-corrected chi connectivity index (χ4v) is 1.93. The van der Waals surface area contributed by atoms with Gasteiger partial charge in [0, 0.05) is 18.9 Å². The molecule has 2 N–H and O–H groups in total. The number of rotatable bonds is 6. The Balaban J connectivity index is 2.08. The molecule has 1 heterocycles. The number of hydrogen-bond donors (Lipinski definition) is 1. The van der Waals surface area contributed by atoms with Crippen LogP contribution < -0.4 is 10.5 Å². The number of nitrogens with two attached hydrogens (primary N) is 1. The van der Waals surface area contributed by atoms with Crippen LogP contribution >= 0.6 is 0 Å². The molecule has 0 saturated carbocycles. The standard InChI is InChI=1S/C17H22N2O2/c1-17(2,18)16-9-6-14(12-19-16)13-4-7-15(8-5-13)21-11-10-20-3/h4-9,12H,10-11,18H2,1-3H3. The van der Waals surface area contributed by atoms with Gasteiger partial charge in [-0.05, 0) is 37.6 Å². The summed E-state index contributed by atoms with van der Waals surface area (Å²) in [6, 6.07) is 12.0. The molecule has 0 aliphatic carbocycles. The van der Waals surface area contributed by atoms with Crippen molar-refractivity contribution in [1.82, 2.24) is 4.98 Å². The van der Waals surface area contributed by atoms with Crippen molar-refractivity contribution in [3.63, 3.8) is 0 Å². The van der Waals surface area contributed by atoms with Crippen LogP contribution in [0.1, 0.15) is 19.5 Å². The second-order valence-corrected chi connectivity index (χ2v) is 5.52. The second-order valence-electron chi connectivity index (χ2n) is 5.52. The molecule has 0 spiro atoms. The van der Waals surface area contributed by atoms with Crippen molar-refractivity contribution in [2.75, 3.05) is 20.3 Å². The average Bonchev–Trinajstić information content (AvgIpc) is 2.48. The molecule has 0 aliphatic heterocycles. The van der Waals surface area contributed by atoms with Gasteiger partial charge in [0.25, 0.3) is 0 Å². The number of aromatic nitrogens is 1. The van der Waals surface area contributed by atoms with Gasteiger partial charge in [-0.15, -0.1) is 0 Å². The summed E-state index contributed by atoms with van der Waals surface area (Å²) in [6.07, 6.45) is 1.85. The van der Waals surface area contributed by atoms with Crippen LogP contribution in [0.3, 0.4) is 0 Å². The van der Waals surface area contributed by atoms with Crippen molar-refractivity contribution in [2.24, 2.45) is 5.73 Å². The third kappa shape index (κ3) is 4.28. The van der Waals surface area contributed by atoms with E-state index in [1.165, 1.54) is 0 Å². The molecule has 4 nitrogen and oxygen atoms in total. The van der Waals surface area contributed by atoms with E-state index in [4.69, 9.17) is 15.2 Å². The van der Waals surface area contributed by atoms with Crippen LogP contribution in [0, 0.1) is 0 Å². The summed E-state index contributed by atoms with van der Waals surface area (Å²) in [5, 5.41) is 0. The van der Waals surface area contributed by atoms with E-state index >= 15 is 0 Å². The Hall–Kier alpha value is -1.91. The summed E-state index contributed by atoms with van der Waals surface area (Å²) in [5.74, 6) is 0.837. The summed E-state index contributed by atoms with van der Waals surface area (Å²) >= 11 is 0. The molecule has 0 fully saturated rings. The lowest BCUT2D eigenvalue weighted by atomic mass is 10.00. The van der Waals surface area contributed by atoms with E-state index < -0.39 is 5.54 Å². The van der Waals surface area contributed by atoms with E-state index in [1.807, 2.05) is 56.4 Å². The molecule has 2 aromatic rings. The third-order valence-electron chi connectivity index (χ3n) is 3.17. The number of ether oxygens (including phenoxy) is 2. The van der Waals surface area contributed by atoms with E-state index in [1.54, 1.807) is 7.11 Å². The van der Waals surface area contributed by atoms with Gasteiger partial charge < -0.3 is 15.2 Å². The first kappa shape index (κ1) is 15.5. The van der Waals surface area contributed by atoms with Gasteiger partial charge in [0.05, 0.1) is 17.8 Å². The molecule has 112 valence electrons. The van der Waals surface area contributed by atoms with Crippen LogP contribution in [0.2, 0.25) is 0 Å². The Morgan fingerprint density at radius 3 is 2.19 bits per heavy atom. The fraction of sp³-hybridized carbons (Fsp3) is 0.353. The van der Waals surface area contributed by atoms with Gasteiger partial charge in [-0.25, -0.2) is 0 Å². The highest BCUT2D eigenvalue weighted by molar-refractivity contribution is 5.63. The Kier molecular flexibility index (Phi) is 4.94. The minimum Gasteiger partial charge on any atom is -0.491 e. The highest BCUT2D eigenvalue weighted by Gasteiger charge is 2.15. The van der Waals surface area contributed by atoms with Crippen molar-refractivity contribution in [3.8, 4) is 16.9 Å². The van der Waals surface area contributed by atoms with Crippen LogP contribution in [0.5, 0.6) is 5.75 Å². The van der Waals surface area contributed by atoms with Gasteiger partial charge in [-0.1, -0.05) is 18.2 Å². The van der Waals surface area contributed by atoms with Crippen LogP contribution in [-0.4, -0.2) is 25.3 Å². The fourth-order valence-electron chi connectivity index (χ4n) is 1.93. The van der Waals surface area contributed by atoms with E-state index in [-0.39, 0.29) is 0 Å². The average molecular weight is 286 g/mol. The maximum atomic E-state index is 6.03. The molecule has 0 saturated heterocycles. The van der Waals surface area contributed by atoms with Gasteiger partial charge in [0.15, 0.2) is 0 Å². The Morgan fingerprint density at radius 2 is 1.67 bits per heavy atom. The number of hydrogen-bond acceptors (Lipinski definition) is 4. The van der Waals surface area contributed by atoms with Gasteiger partial charge in [-0.3, -0.25) is 4.98 Å². The summed E-state index contributed by atoms with van der Waals surface area (Å²) < 4.78 is 10.5. The SMILES string of the molecule is COCCOc1ccc(-c2ccc(C(C)(C)N)nc2)cc1. The monoisotopic (exact) mass is 286 g/mol. The van der Waals surface area contributed by atoms with E-state index in [2.05, 4.69) is 4.98 Å². The molecular formula is C17H22N2O2. The molecular weight excluding hydrogens is 264 g/mol. The van der Waals surface area contributed by atoms with E-state index in [0.717, 1.165) is 22.6 Å². The van der Waals surface area contributed by atoms with Gasteiger partial charge in [0.2, 0.25) is 0 Å². The molecule has 0 radical (unpaired) electrons. The summed E-state index contributed by atoms with van der Waals surface area (Å²) in [5.41, 5.74) is 8.66. The van der Waals surface area contributed by atoms with E-state index in [9.17, 15) is 0 Å². The number of nitrogens with zero attached hydrogens (tertiary/aromatic N) is 1. The van der Waals surface area contributed by atoms with Crippen LogP contribution in [0.4, 0.5) is 0 Å². The normalized spacial score (nSPS) is 11.4. The molecule has 2 rings (SSSR count). The maximum absolute atomic E-state index is 6.03. The topological polar surface area (TPSA) is 57.4 Å². The van der Waals surface area contributed by atoms with Crippen molar-refractivity contribution in [2.45, 2.75) is 19.4 Å². The molecule has 21 heavy (non-hydrogen) atoms. The minimum atomic E-state index is -0.419. The van der Waals surface area contributed by atoms with Crippen LogP contribution in [0.15, 0.2) is 42.6 Å². The third-order valence-corrected chi connectivity index (χ3v) is 3.17. The Morgan fingerprint density at radius 1 is 1.00 bits per heavy atom. The maximum Gasteiger partial charge on any atom is 0.119 e. The molecule has 0 unspecified atom stereocenters. The highest BCUT2D eigenvalue weighted by atomic mass is 16.5. The highest BCUT2D eigenvalue weighted by Crippen LogP contribution is 2.23. The molecule has 1 aromatic carbocycles. The first-order chi connectivity index (χ1) is 10.0. The van der Waals surface area contributed by atoms with Crippen LogP contribution in [0.25, 0.3) is 11.1 Å². The molecule has 1 aromatic heterocycles.